The van der Waals surface area contributed by atoms with Gasteiger partial charge in [0.1, 0.15) is 0 Å². The van der Waals surface area contributed by atoms with Crippen LogP contribution in [-0.2, 0) is 5.41 Å². The van der Waals surface area contributed by atoms with E-state index in [4.69, 9.17) is 9.97 Å². The molecule has 0 radical (unpaired) electrons. The molecule has 1 fully saturated rings. The Kier molecular flexibility index (Phi) is 7.08. The number of nitrogens with zero attached hydrogens (tertiary/aromatic N) is 2. The molecule has 9 rings (SSSR count). The molecule has 7 aromatic rings. The Morgan fingerprint density at radius 2 is 0.917 bits per heavy atom. The Morgan fingerprint density at radius 1 is 0.375 bits per heavy atom. The standard InChI is InChI=1S/C46H36N2/c1-4-14-33(15-5-1)42-31-43(34-16-6-2-7-17-34)48-45(47-42)35-26-24-32(25-27-35)36-18-12-19-37(30-36)38-21-13-23-41-44(38)39-20-8-9-22-40(39)46(41)28-10-3-11-29-46/h1-2,4-9,12-27,30-31H,3,10-11,28-29H2. The highest BCUT2D eigenvalue weighted by Crippen LogP contribution is 2.57. The zero-order valence-electron chi connectivity index (χ0n) is 26.9. The van der Waals surface area contributed by atoms with Crippen LogP contribution in [0.1, 0.15) is 43.2 Å². The number of hydrogen-bond donors (Lipinski definition) is 0. The molecule has 0 amide bonds. The van der Waals surface area contributed by atoms with E-state index in [-0.39, 0.29) is 5.41 Å². The Bertz CT molecular complexity index is 2190. The van der Waals surface area contributed by atoms with Crippen molar-refractivity contribution in [3.63, 3.8) is 0 Å². The van der Waals surface area contributed by atoms with E-state index < -0.39 is 0 Å². The lowest BCUT2D eigenvalue weighted by molar-refractivity contribution is 0.353. The summed E-state index contributed by atoms with van der Waals surface area (Å²) < 4.78 is 0. The molecule has 0 unspecified atom stereocenters. The third-order valence-corrected chi connectivity index (χ3v) is 10.5. The number of benzene rings is 6. The zero-order chi connectivity index (χ0) is 31.9. The third kappa shape index (κ3) is 4.88. The minimum Gasteiger partial charge on any atom is -0.228 e. The van der Waals surface area contributed by atoms with Crippen molar-refractivity contribution in [1.29, 1.82) is 0 Å². The highest BCUT2D eigenvalue weighted by atomic mass is 14.9. The van der Waals surface area contributed by atoms with Crippen LogP contribution in [0.5, 0.6) is 0 Å². The van der Waals surface area contributed by atoms with Crippen LogP contribution in [0.3, 0.4) is 0 Å². The monoisotopic (exact) mass is 616 g/mol. The Morgan fingerprint density at radius 3 is 1.62 bits per heavy atom. The van der Waals surface area contributed by atoms with Gasteiger partial charge >= 0.3 is 0 Å². The summed E-state index contributed by atoms with van der Waals surface area (Å²) in [5.74, 6) is 0.727. The molecule has 0 bridgehead atoms. The molecule has 0 aliphatic heterocycles. The fraction of sp³-hybridized carbons (Fsp3) is 0.130. The SMILES string of the molecule is c1ccc(-c2cc(-c3ccccc3)nc(-c3ccc(-c4cccc(-c5cccc6c5-c5ccccc5C65CCCCC5)c4)cc3)n2)cc1. The lowest BCUT2D eigenvalue weighted by atomic mass is 9.68. The first kappa shape index (κ1) is 28.6. The molecule has 2 aliphatic carbocycles. The molecule has 0 atom stereocenters. The van der Waals surface area contributed by atoms with Crippen molar-refractivity contribution in [2.75, 3.05) is 0 Å². The maximum atomic E-state index is 5.03. The molecule has 2 aliphatic rings. The maximum Gasteiger partial charge on any atom is 0.160 e. The van der Waals surface area contributed by atoms with E-state index in [1.54, 1.807) is 0 Å². The average molecular weight is 617 g/mol. The summed E-state index contributed by atoms with van der Waals surface area (Å²) in [5, 5.41) is 0. The maximum absolute atomic E-state index is 5.03. The van der Waals surface area contributed by atoms with Gasteiger partial charge < -0.3 is 0 Å². The van der Waals surface area contributed by atoms with Gasteiger partial charge in [0.05, 0.1) is 11.4 Å². The van der Waals surface area contributed by atoms with Crippen molar-refractivity contribution in [1.82, 2.24) is 9.97 Å². The normalized spacial score (nSPS) is 14.4. The first-order chi connectivity index (χ1) is 23.8. The lowest BCUT2D eigenvalue weighted by Gasteiger charge is -2.36. The molecule has 48 heavy (non-hydrogen) atoms. The molecule has 1 saturated carbocycles. The van der Waals surface area contributed by atoms with E-state index >= 15 is 0 Å². The van der Waals surface area contributed by atoms with Gasteiger partial charge in [0.2, 0.25) is 0 Å². The van der Waals surface area contributed by atoms with Crippen molar-refractivity contribution < 1.29 is 0 Å². The van der Waals surface area contributed by atoms with E-state index in [0.29, 0.717) is 0 Å². The van der Waals surface area contributed by atoms with Crippen LogP contribution in [-0.4, -0.2) is 9.97 Å². The van der Waals surface area contributed by atoms with Crippen molar-refractivity contribution in [3.8, 4) is 67.3 Å². The molecular weight excluding hydrogens is 581 g/mol. The second-order valence-electron chi connectivity index (χ2n) is 13.3. The first-order valence-electron chi connectivity index (χ1n) is 17.2. The predicted octanol–water partition coefficient (Wildman–Crippen LogP) is 12.0. The van der Waals surface area contributed by atoms with E-state index in [1.807, 2.05) is 12.1 Å². The molecule has 2 heteroatoms. The molecule has 0 saturated heterocycles. The van der Waals surface area contributed by atoms with E-state index in [1.165, 1.54) is 76.6 Å². The number of hydrogen-bond acceptors (Lipinski definition) is 2. The van der Waals surface area contributed by atoms with Crippen LogP contribution >= 0.6 is 0 Å². The predicted molar refractivity (Wildman–Crippen MR) is 199 cm³/mol. The van der Waals surface area contributed by atoms with Gasteiger partial charge in [0, 0.05) is 22.1 Å². The highest BCUT2D eigenvalue weighted by molar-refractivity contribution is 5.93. The Labute approximate surface area is 282 Å². The molecule has 1 spiro atoms. The molecule has 0 N–H and O–H groups in total. The van der Waals surface area contributed by atoms with Gasteiger partial charge in [-0.15, -0.1) is 0 Å². The van der Waals surface area contributed by atoms with Crippen LogP contribution in [0.15, 0.2) is 158 Å². The van der Waals surface area contributed by atoms with Gasteiger partial charge in [-0.25, -0.2) is 9.97 Å². The average Bonchev–Trinajstić information content (AvgIpc) is 3.44. The highest BCUT2D eigenvalue weighted by Gasteiger charge is 2.44. The van der Waals surface area contributed by atoms with Crippen LogP contribution in [0.25, 0.3) is 67.3 Å². The van der Waals surface area contributed by atoms with Crippen molar-refractivity contribution >= 4 is 0 Å². The summed E-state index contributed by atoms with van der Waals surface area (Å²) in [6, 6.07) is 56.8. The zero-order valence-corrected chi connectivity index (χ0v) is 26.9. The minimum atomic E-state index is 0.161. The molecule has 6 aromatic carbocycles. The molecule has 230 valence electrons. The molecule has 1 heterocycles. The van der Waals surface area contributed by atoms with Gasteiger partial charge in [0.15, 0.2) is 5.82 Å². The topological polar surface area (TPSA) is 25.8 Å². The number of aromatic nitrogens is 2. The quantitative estimate of drug-likeness (QED) is 0.192. The molecular formula is C46H36N2. The first-order valence-corrected chi connectivity index (χ1v) is 17.2. The van der Waals surface area contributed by atoms with Crippen molar-refractivity contribution in [3.05, 3.63) is 169 Å². The van der Waals surface area contributed by atoms with Crippen LogP contribution in [0.2, 0.25) is 0 Å². The van der Waals surface area contributed by atoms with Gasteiger partial charge in [-0.1, -0.05) is 165 Å². The second-order valence-corrected chi connectivity index (χ2v) is 13.3. The smallest absolute Gasteiger partial charge is 0.160 e. The van der Waals surface area contributed by atoms with E-state index in [0.717, 1.165) is 33.9 Å². The van der Waals surface area contributed by atoms with Crippen LogP contribution < -0.4 is 0 Å². The number of rotatable bonds is 5. The second kappa shape index (κ2) is 11.9. The minimum absolute atomic E-state index is 0.161. The Hall–Kier alpha value is -5.60. The molecule has 2 nitrogen and oxygen atoms in total. The summed E-state index contributed by atoms with van der Waals surface area (Å²) in [6.45, 7) is 0. The van der Waals surface area contributed by atoms with Crippen LogP contribution in [0.4, 0.5) is 0 Å². The summed E-state index contributed by atoms with van der Waals surface area (Å²) in [7, 11) is 0. The van der Waals surface area contributed by atoms with Gasteiger partial charge in [-0.05, 0) is 69.5 Å². The van der Waals surface area contributed by atoms with Crippen molar-refractivity contribution in [2.24, 2.45) is 0 Å². The van der Waals surface area contributed by atoms with Crippen molar-refractivity contribution in [2.45, 2.75) is 37.5 Å². The van der Waals surface area contributed by atoms with E-state index in [9.17, 15) is 0 Å². The summed E-state index contributed by atoms with van der Waals surface area (Å²) >= 11 is 0. The third-order valence-electron chi connectivity index (χ3n) is 10.5. The largest absolute Gasteiger partial charge is 0.228 e. The van der Waals surface area contributed by atoms with E-state index in [2.05, 4.69) is 146 Å². The van der Waals surface area contributed by atoms with Crippen LogP contribution in [0, 0.1) is 0 Å². The number of fused-ring (bicyclic) bond motifs is 5. The Balaban J connectivity index is 1.09. The fourth-order valence-electron chi connectivity index (χ4n) is 8.21. The van der Waals surface area contributed by atoms with Gasteiger partial charge in [-0.3, -0.25) is 0 Å². The van der Waals surface area contributed by atoms with Gasteiger partial charge in [-0.2, -0.15) is 0 Å². The summed E-state index contributed by atoms with van der Waals surface area (Å²) in [6.07, 6.45) is 6.45. The van der Waals surface area contributed by atoms with Gasteiger partial charge in [0.25, 0.3) is 0 Å². The lowest BCUT2D eigenvalue weighted by Crippen LogP contribution is -2.27. The fourth-order valence-corrected chi connectivity index (χ4v) is 8.21. The molecule has 1 aromatic heterocycles. The summed E-state index contributed by atoms with van der Waals surface area (Å²) in [4.78, 5) is 10.1. The summed E-state index contributed by atoms with van der Waals surface area (Å²) in [5.41, 5.74) is 16.1.